The van der Waals surface area contributed by atoms with E-state index in [9.17, 15) is 20.1 Å². The van der Waals surface area contributed by atoms with Crippen LogP contribution in [0.3, 0.4) is 0 Å². The molecule has 0 aromatic rings. The lowest BCUT2D eigenvalue weighted by Gasteiger charge is -2.26. The Kier molecular flexibility index (Phi) is 48.5. The van der Waals surface area contributed by atoms with Crippen molar-refractivity contribution >= 4 is 5.91 Å². The van der Waals surface area contributed by atoms with Gasteiger partial charge in [0, 0.05) is 6.42 Å². The number of hydrogen-bond acceptors (Lipinski definition) is 4. The van der Waals surface area contributed by atoms with Gasteiger partial charge in [0.2, 0.25) is 5.91 Å². The normalized spacial score (nSPS) is 13.5. The lowest BCUT2D eigenvalue weighted by molar-refractivity contribution is -0.124. The fraction of sp³-hybridized carbons (Fsp3) is 0.907. The first-order valence-corrected chi connectivity index (χ1v) is 26.6. The van der Waals surface area contributed by atoms with Gasteiger partial charge in [0.25, 0.3) is 0 Å². The summed E-state index contributed by atoms with van der Waals surface area (Å²) >= 11 is 0. The quantitative estimate of drug-likeness (QED) is 0.0363. The number of nitrogens with one attached hydrogen (secondary N) is 1. The number of rotatable bonds is 49. The Labute approximate surface area is 369 Å². The summed E-state index contributed by atoms with van der Waals surface area (Å²) in [6.07, 6.45) is 61.7. The third-order valence-electron chi connectivity index (χ3n) is 12.6. The largest absolute Gasteiger partial charge is 0.394 e. The van der Waals surface area contributed by atoms with E-state index in [1.165, 1.54) is 218 Å². The van der Waals surface area contributed by atoms with Crippen molar-refractivity contribution < 1.29 is 20.1 Å². The van der Waals surface area contributed by atoms with Crippen LogP contribution in [0.4, 0.5) is 0 Å². The van der Waals surface area contributed by atoms with Crippen molar-refractivity contribution in [3.05, 3.63) is 24.3 Å². The third-order valence-corrected chi connectivity index (χ3v) is 12.6. The number of unbranched alkanes of at least 4 members (excludes halogenated alkanes) is 37. The molecule has 0 saturated heterocycles. The van der Waals surface area contributed by atoms with Gasteiger partial charge in [-0.15, -0.1) is 0 Å². The molecule has 5 heteroatoms. The zero-order chi connectivity index (χ0) is 43.0. The zero-order valence-electron chi connectivity index (χ0n) is 39.9. The van der Waals surface area contributed by atoms with E-state index in [-0.39, 0.29) is 12.5 Å². The molecule has 0 bridgehead atoms. The van der Waals surface area contributed by atoms with Crippen molar-refractivity contribution in [2.24, 2.45) is 0 Å². The average Bonchev–Trinajstić information content (AvgIpc) is 3.24. The molecule has 3 unspecified atom stereocenters. The summed E-state index contributed by atoms with van der Waals surface area (Å²) in [6, 6.07) is -0.813. The summed E-state index contributed by atoms with van der Waals surface area (Å²) in [7, 11) is 0. The van der Waals surface area contributed by atoms with Crippen LogP contribution in [0.15, 0.2) is 24.3 Å². The van der Waals surface area contributed by atoms with Gasteiger partial charge in [-0.05, 0) is 44.9 Å². The Morgan fingerprint density at radius 1 is 0.424 bits per heavy atom. The first-order chi connectivity index (χ1) is 29.1. The summed E-state index contributed by atoms with van der Waals surface area (Å²) in [5, 5.41) is 33.7. The minimum absolute atomic E-state index is 0.148. The van der Waals surface area contributed by atoms with Gasteiger partial charge in [0.15, 0.2) is 0 Å². The predicted octanol–water partition coefficient (Wildman–Crippen LogP) is 16.1. The highest BCUT2D eigenvalue weighted by Gasteiger charge is 2.26. The fourth-order valence-electron chi connectivity index (χ4n) is 8.43. The highest BCUT2D eigenvalue weighted by molar-refractivity contribution is 5.76. The van der Waals surface area contributed by atoms with Crippen molar-refractivity contribution in [2.75, 3.05) is 6.61 Å². The van der Waals surface area contributed by atoms with Crippen LogP contribution in [0.2, 0.25) is 0 Å². The minimum Gasteiger partial charge on any atom is -0.394 e. The summed E-state index contributed by atoms with van der Waals surface area (Å²) < 4.78 is 0. The molecule has 0 spiro atoms. The van der Waals surface area contributed by atoms with Gasteiger partial charge in [0.05, 0.1) is 18.8 Å². The standard InChI is InChI=1S/C54H105NO4/c1-3-5-7-9-11-13-15-17-19-21-23-25-27-29-31-33-35-37-39-41-43-45-47-49-53(58)55-51(50-56)54(59)52(57)48-46-44-42-40-38-36-34-32-30-28-26-24-22-20-18-16-14-12-10-8-6-4-2/h23,25,29,31,51-52,54,56-57,59H,3-22,24,26-28,30,32-50H2,1-2H3,(H,55,58)/b25-23-,31-29-. The van der Waals surface area contributed by atoms with E-state index >= 15 is 0 Å². The summed E-state index contributed by atoms with van der Waals surface area (Å²) in [5.74, 6) is -0.148. The number of allylic oxidation sites excluding steroid dienone is 4. The molecule has 0 saturated carbocycles. The second kappa shape index (κ2) is 49.5. The second-order valence-electron chi connectivity index (χ2n) is 18.4. The predicted molar refractivity (Wildman–Crippen MR) is 259 cm³/mol. The molecule has 59 heavy (non-hydrogen) atoms. The van der Waals surface area contributed by atoms with Gasteiger partial charge in [-0.3, -0.25) is 4.79 Å². The maximum atomic E-state index is 12.5. The van der Waals surface area contributed by atoms with Crippen LogP contribution in [0.5, 0.6) is 0 Å². The summed E-state index contributed by atoms with van der Waals surface area (Å²) in [5.41, 5.74) is 0. The minimum atomic E-state index is -1.14. The first-order valence-electron chi connectivity index (χ1n) is 26.6. The lowest BCUT2D eigenvalue weighted by Crippen LogP contribution is -2.50. The smallest absolute Gasteiger partial charge is 0.220 e. The molecular weight excluding hydrogens is 727 g/mol. The van der Waals surface area contributed by atoms with Gasteiger partial charge in [-0.25, -0.2) is 0 Å². The average molecular weight is 832 g/mol. The summed E-state index contributed by atoms with van der Waals surface area (Å²) in [6.45, 7) is 4.21. The molecule has 0 aliphatic rings. The van der Waals surface area contributed by atoms with Crippen LogP contribution in [-0.4, -0.2) is 46.1 Å². The molecule has 1 amide bonds. The maximum Gasteiger partial charge on any atom is 0.220 e. The van der Waals surface area contributed by atoms with Crippen LogP contribution in [-0.2, 0) is 4.79 Å². The van der Waals surface area contributed by atoms with Crippen LogP contribution in [0, 0.1) is 0 Å². The van der Waals surface area contributed by atoms with E-state index in [2.05, 4.69) is 43.5 Å². The van der Waals surface area contributed by atoms with Gasteiger partial charge < -0.3 is 20.6 Å². The molecule has 0 heterocycles. The van der Waals surface area contributed by atoms with E-state index in [1.54, 1.807) is 0 Å². The Morgan fingerprint density at radius 2 is 0.729 bits per heavy atom. The molecule has 5 nitrogen and oxygen atoms in total. The van der Waals surface area contributed by atoms with Crippen LogP contribution < -0.4 is 5.32 Å². The fourth-order valence-corrected chi connectivity index (χ4v) is 8.43. The maximum absolute atomic E-state index is 12.5. The number of aliphatic hydroxyl groups excluding tert-OH is 3. The molecule has 0 radical (unpaired) electrons. The molecule has 0 aromatic heterocycles. The highest BCUT2D eigenvalue weighted by Crippen LogP contribution is 2.17. The van der Waals surface area contributed by atoms with Crippen molar-refractivity contribution in [2.45, 2.75) is 308 Å². The van der Waals surface area contributed by atoms with Crippen molar-refractivity contribution in [3.63, 3.8) is 0 Å². The van der Waals surface area contributed by atoms with Gasteiger partial charge in [-0.2, -0.15) is 0 Å². The number of aliphatic hydroxyl groups is 3. The zero-order valence-corrected chi connectivity index (χ0v) is 39.9. The number of hydrogen-bond donors (Lipinski definition) is 4. The van der Waals surface area contributed by atoms with Gasteiger partial charge in [-0.1, -0.05) is 263 Å². The Morgan fingerprint density at radius 3 is 1.07 bits per heavy atom. The molecular formula is C54H105NO4. The Hall–Kier alpha value is -1.17. The topological polar surface area (TPSA) is 89.8 Å². The number of carbonyl (C=O) groups is 1. The van der Waals surface area contributed by atoms with E-state index in [4.69, 9.17) is 0 Å². The SMILES string of the molecule is CCCCCCCCCCC/C=C\C/C=C\CCCCCCCCCC(=O)NC(CO)C(O)C(O)CCCCCCCCCCCCCCCCCCCCCCCC. The molecule has 0 aliphatic carbocycles. The molecule has 4 N–H and O–H groups in total. The molecule has 0 rings (SSSR count). The van der Waals surface area contributed by atoms with Crippen molar-refractivity contribution in [1.29, 1.82) is 0 Å². The van der Waals surface area contributed by atoms with Gasteiger partial charge in [0.1, 0.15) is 6.10 Å². The van der Waals surface area contributed by atoms with E-state index in [0.717, 1.165) is 44.9 Å². The van der Waals surface area contributed by atoms with Gasteiger partial charge >= 0.3 is 0 Å². The third kappa shape index (κ3) is 44.7. The van der Waals surface area contributed by atoms with E-state index in [0.29, 0.717) is 12.8 Å². The highest BCUT2D eigenvalue weighted by atomic mass is 16.3. The number of carbonyl (C=O) groups excluding carboxylic acids is 1. The van der Waals surface area contributed by atoms with Crippen LogP contribution in [0.1, 0.15) is 290 Å². The molecule has 350 valence electrons. The van der Waals surface area contributed by atoms with Crippen LogP contribution >= 0.6 is 0 Å². The summed E-state index contributed by atoms with van der Waals surface area (Å²) in [4.78, 5) is 12.5. The molecule has 0 aliphatic heterocycles. The molecule has 3 atom stereocenters. The lowest BCUT2D eigenvalue weighted by atomic mass is 9.99. The Balaban J connectivity index is 3.57. The monoisotopic (exact) mass is 832 g/mol. The number of amides is 1. The van der Waals surface area contributed by atoms with Crippen LogP contribution in [0.25, 0.3) is 0 Å². The molecule has 0 fully saturated rings. The van der Waals surface area contributed by atoms with E-state index < -0.39 is 18.2 Å². The van der Waals surface area contributed by atoms with Crippen molar-refractivity contribution in [3.8, 4) is 0 Å². The first kappa shape index (κ1) is 57.8. The Bertz CT molecular complexity index is 874. The second-order valence-corrected chi connectivity index (χ2v) is 18.4. The van der Waals surface area contributed by atoms with E-state index in [1.807, 2.05) is 0 Å². The molecule has 0 aromatic carbocycles. The van der Waals surface area contributed by atoms with Crippen molar-refractivity contribution in [1.82, 2.24) is 5.32 Å².